The molecule has 2 unspecified atom stereocenters. The molecule has 0 radical (unpaired) electrons. The standard InChI is InChI=1S/C18H30FN3O2S/c1-14(2)10-12-25(23,24)22(3)11-4-5-17-13-18(21-20-17)15-6-8-16(19)9-7-15/h6-9,14,17-18,20-21H,4-5,10-13H2,1-3H3. The molecule has 1 heterocycles. The van der Waals surface area contributed by atoms with Gasteiger partial charge >= 0.3 is 0 Å². The molecule has 1 aliphatic heterocycles. The summed E-state index contributed by atoms with van der Waals surface area (Å²) in [4.78, 5) is 0. The number of hydrogen-bond acceptors (Lipinski definition) is 4. The van der Waals surface area contributed by atoms with E-state index in [1.165, 1.54) is 16.4 Å². The van der Waals surface area contributed by atoms with Gasteiger partial charge < -0.3 is 0 Å². The minimum Gasteiger partial charge on any atom is -0.254 e. The van der Waals surface area contributed by atoms with Crippen molar-refractivity contribution in [3.8, 4) is 0 Å². The van der Waals surface area contributed by atoms with Gasteiger partial charge in [0, 0.05) is 25.7 Å². The molecule has 0 spiro atoms. The second-order valence-corrected chi connectivity index (χ2v) is 9.48. The first-order valence-corrected chi connectivity index (χ1v) is 10.6. The predicted octanol–water partition coefficient (Wildman–Crippen LogP) is 2.82. The number of hydrazine groups is 1. The molecule has 0 aliphatic carbocycles. The summed E-state index contributed by atoms with van der Waals surface area (Å²) < 4.78 is 38.9. The fourth-order valence-electron chi connectivity index (χ4n) is 2.97. The van der Waals surface area contributed by atoms with Gasteiger partial charge in [0.15, 0.2) is 0 Å². The molecule has 1 saturated heterocycles. The predicted molar refractivity (Wildman–Crippen MR) is 98.9 cm³/mol. The number of halogens is 1. The molecule has 2 N–H and O–H groups in total. The van der Waals surface area contributed by atoms with Crippen molar-refractivity contribution in [1.29, 1.82) is 0 Å². The van der Waals surface area contributed by atoms with Gasteiger partial charge in [0.25, 0.3) is 0 Å². The van der Waals surface area contributed by atoms with Crippen molar-refractivity contribution in [3.63, 3.8) is 0 Å². The van der Waals surface area contributed by atoms with E-state index in [1.54, 1.807) is 19.2 Å². The lowest BCUT2D eigenvalue weighted by molar-refractivity contribution is 0.425. The molecule has 0 bridgehead atoms. The SMILES string of the molecule is CC(C)CCS(=O)(=O)N(C)CCCC1CC(c2ccc(F)cc2)NN1. The first-order valence-electron chi connectivity index (χ1n) is 8.98. The lowest BCUT2D eigenvalue weighted by atomic mass is 10.00. The van der Waals surface area contributed by atoms with Gasteiger partial charge in [-0.3, -0.25) is 10.9 Å². The minimum atomic E-state index is -3.15. The second-order valence-electron chi connectivity index (χ2n) is 7.29. The van der Waals surface area contributed by atoms with Crippen LogP contribution in [0.15, 0.2) is 24.3 Å². The van der Waals surface area contributed by atoms with Crippen LogP contribution in [0.2, 0.25) is 0 Å². The van der Waals surface area contributed by atoms with Gasteiger partial charge in [-0.15, -0.1) is 0 Å². The number of nitrogens with one attached hydrogen (secondary N) is 2. The molecule has 2 atom stereocenters. The Morgan fingerprint density at radius 1 is 1.24 bits per heavy atom. The van der Waals surface area contributed by atoms with Crippen molar-refractivity contribution in [3.05, 3.63) is 35.6 Å². The monoisotopic (exact) mass is 371 g/mol. The largest absolute Gasteiger partial charge is 0.254 e. The molecule has 1 aromatic carbocycles. The molecular weight excluding hydrogens is 341 g/mol. The topological polar surface area (TPSA) is 61.4 Å². The maximum Gasteiger partial charge on any atom is 0.213 e. The van der Waals surface area contributed by atoms with Gasteiger partial charge in [-0.1, -0.05) is 26.0 Å². The Morgan fingerprint density at radius 3 is 2.56 bits per heavy atom. The highest BCUT2D eigenvalue weighted by Gasteiger charge is 2.25. The average molecular weight is 372 g/mol. The zero-order valence-electron chi connectivity index (χ0n) is 15.3. The lowest BCUT2D eigenvalue weighted by Gasteiger charge is -2.18. The van der Waals surface area contributed by atoms with Crippen LogP contribution in [0.25, 0.3) is 0 Å². The molecule has 0 saturated carbocycles. The van der Waals surface area contributed by atoms with Crippen LogP contribution in [0.1, 0.15) is 51.1 Å². The first kappa shape index (κ1) is 20.3. The number of sulfonamides is 1. The molecular formula is C18H30FN3O2S. The quantitative estimate of drug-likeness (QED) is 0.701. The van der Waals surface area contributed by atoms with E-state index in [2.05, 4.69) is 10.9 Å². The summed E-state index contributed by atoms with van der Waals surface area (Å²) >= 11 is 0. The molecule has 25 heavy (non-hydrogen) atoms. The molecule has 2 rings (SSSR count). The van der Waals surface area contributed by atoms with Gasteiger partial charge in [0.05, 0.1) is 5.75 Å². The summed E-state index contributed by atoms with van der Waals surface area (Å²) in [6, 6.07) is 7.00. The van der Waals surface area contributed by atoms with Crippen molar-refractivity contribution in [2.45, 2.75) is 51.6 Å². The normalized spacial score (nSPS) is 21.4. The highest BCUT2D eigenvalue weighted by atomic mass is 32.2. The number of rotatable bonds is 9. The maximum absolute atomic E-state index is 13.0. The summed E-state index contributed by atoms with van der Waals surface area (Å²) in [6.45, 7) is 4.61. The van der Waals surface area contributed by atoms with Gasteiger partial charge in [-0.05, 0) is 49.3 Å². The van der Waals surface area contributed by atoms with Crippen LogP contribution < -0.4 is 10.9 Å². The fraction of sp³-hybridized carbons (Fsp3) is 0.667. The number of hydrogen-bond donors (Lipinski definition) is 2. The Bertz CT molecular complexity index is 634. The summed E-state index contributed by atoms with van der Waals surface area (Å²) in [6.07, 6.45) is 3.32. The average Bonchev–Trinajstić information content (AvgIpc) is 3.02. The summed E-state index contributed by atoms with van der Waals surface area (Å²) in [5.41, 5.74) is 7.56. The van der Waals surface area contributed by atoms with Crippen LogP contribution in [0, 0.1) is 11.7 Å². The molecule has 0 aromatic heterocycles. The van der Waals surface area contributed by atoms with Crippen molar-refractivity contribution >= 4 is 10.0 Å². The van der Waals surface area contributed by atoms with Crippen LogP contribution in [-0.2, 0) is 10.0 Å². The van der Waals surface area contributed by atoms with Gasteiger partial charge in [-0.25, -0.2) is 17.1 Å². The van der Waals surface area contributed by atoms with E-state index in [4.69, 9.17) is 0 Å². The zero-order valence-corrected chi connectivity index (χ0v) is 16.2. The number of nitrogens with zero attached hydrogens (tertiary/aromatic N) is 1. The van der Waals surface area contributed by atoms with E-state index in [0.29, 0.717) is 24.9 Å². The fourth-order valence-corrected chi connectivity index (χ4v) is 4.45. The Labute approximate surface area is 151 Å². The number of benzene rings is 1. The van der Waals surface area contributed by atoms with Crippen molar-refractivity contribution in [2.24, 2.45) is 5.92 Å². The van der Waals surface area contributed by atoms with Gasteiger partial charge in [-0.2, -0.15) is 0 Å². The molecule has 1 fully saturated rings. The zero-order chi connectivity index (χ0) is 18.4. The molecule has 1 aromatic rings. The summed E-state index contributed by atoms with van der Waals surface area (Å²) in [7, 11) is -1.48. The van der Waals surface area contributed by atoms with E-state index < -0.39 is 10.0 Å². The maximum atomic E-state index is 13.0. The smallest absolute Gasteiger partial charge is 0.213 e. The van der Waals surface area contributed by atoms with Crippen LogP contribution in [0.5, 0.6) is 0 Å². The van der Waals surface area contributed by atoms with Gasteiger partial charge in [0.2, 0.25) is 10.0 Å². The molecule has 1 aliphatic rings. The van der Waals surface area contributed by atoms with E-state index in [0.717, 1.165) is 24.8 Å². The van der Waals surface area contributed by atoms with E-state index in [9.17, 15) is 12.8 Å². The van der Waals surface area contributed by atoms with Crippen LogP contribution in [-0.4, -0.2) is 38.1 Å². The molecule has 0 amide bonds. The molecule has 142 valence electrons. The van der Waals surface area contributed by atoms with E-state index in [-0.39, 0.29) is 17.6 Å². The third-order valence-electron chi connectivity index (χ3n) is 4.71. The second kappa shape index (κ2) is 9.07. The highest BCUT2D eigenvalue weighted by Crippen LogP contribution is 2.24. The van der Waals surface area contributed by atoms with Crippen LogP contribution in [0.4, 0.5) is 4.39 Å². The van der Waals surface area contributed by atoms with Crippen molar-refractivity contribution in [2.75, 3.05) is 19.3 Å². The van der Waals surface area contributed by atoms with Crippen LogP contribution in [0.3, 0.4) is 0 Å². The third kappa shape index (κ3) is 6.33. The van der Waals surface area contributed by atoms with E-state index >= 15 is 0 Å². The van der Waals surface area contributed by atoms with Crippen molar-refractivity contribution < 1.29 is 12.8 Å². The Kier molecular flexibility index (Phi) is 7.37. The lowest BCUT2D eigenvalue weighted by Crippen LogP contribution is -2.33. The Morgan fingerprint density at radius 2 is 1.92 bits per heavy atom. The first-order chi connectivity index (χ1) is 11.8. The summed E-state index contributed by atoms with van der Waals surface area (Å²) in [5.74, 6) is 0.380. The summed E-state index contributed by atoms with van der Waals surface area (Å²) in [5, 5.41) is 0. The van der Waals surface area contributed by atoms with Gasteiger partial charge in [0.1, 0.15) is 5.82 Å². The van der Waals surface area contributed by atoms with Crippen molar-refractivity contribution in [1.82, 2.24) is 15.2 Å². The Hall–Kier alpha value is -1.02. The highest BCUT2D eigenvalue weighted by molar-refractivity contribution is 7.89. The minimum absolute atomic E-state index is 0.165. The Balaban J connectivity index is 1.72. The van der Waals surface area contributed by atoms with Crippen LogP contribution >= 0.6 is 0 Å². The molecule has 5 nitrogen and oxygen atoms in total. The molecule has 7 heteroatoms. The van der Waals surface area contributed by atoms with E-state index in [1.807, 2.05) is 13.8 Å². The third-order valence-corrected chi connectivity index (χ3v) is 6.59.